The van der Waals surface area contributed by atoms with Gasteiger partial charge in [0.05, 0.1) is 6.42 Å². The molecule has 7 heteroatoms. The molecule has 0 fully saturated rings. The number of hydrogen-bond acceptors (Lipinski definition) is 3. The van der Waals surface area contributed by atoms with Crippen LogP contribution in [0.2, 0.25) is 0 Å². The van der Waals surface area contributed by atoms with Crippen LogP contribution in [0.4, 0.5) is 13.2 Å². The molecular formula is C10H16F3NO3. The van der Waals surface area contributed by atoms with Crippen LogP contribution in [0.25, 0.3) is 0 Å². The third-order valence-corrected chi connectivity index (χ3v) is 1.46. The fraction of sp³-hybridized carbons (Fsp3) is 0.800. The SMILES string of the molecule is CC(C)(C)OC(=O)CCC(=O)NCC(F)(F)F. The highest BCUT2D eigenvalue weighted by atomic mass is 19.4. The van der Waals surface area contributed by atoms with Crippen molar-refractivity contribution in [2.45, 2.75) is 45.4 Å². The Kier molecular flexibility index (Phi) is 5.44. The minimum atomic E-state index is -4.44. The van der Waals surface area contributed by atoms with Gasteiger partial charge in [-0.15, -0.1) is 0 Å². The summed E-state index contributed by atoms with van der Waals surface area (Å²) in [5, 5.41) is 1.67. The zero-order valence-electron chi connectivity index (χ0n) is 9.98. The Labute approximate surface area is 97.5 Å². The summed E-state index contributed by atoms with van der Waals surface area (Å²) in [7, 11) is 0. The summed E-state index contributed by atoms with van der Waals surface area (Å²) in [5.74, 6) is -1.44. The number of halogens is 3. The van der Waals surface area contributed by atoms with Gasteiger partial charge < -0.3 is 10.1 Å². The molecule has 0 spiro atoms. The number of rotatable bonds is 4. The maximum Gasteiger partial charge on any atom is 0.405 e. The van der Waals surface area contributed by atoms with Crippen molar-refractivity contribution in [2.75, 3.05) is 6.54 Å². The first-order chi connectivity index (χ1) is 7.49. The van der Waals surface area contributed by atoms with Gasteiger partial charge in [0.2, 0.25) is 5.91 Å². The van der Waals surface area contributed by atoms with Crippen molar-refractivity contribution >= 4 is 11.9 Å². The van der Waals surface area contributed by atoms with Gasteiger partial charge in [0.15, 0.2) is 0 Å². The summed E-state index contributed by atoms with van der Waals surface area (Å²) >= 11 is 0. The molecule has 0 unspecified atom stereocenters. The van der Waals surface area contributed by atoms with Crippen molar-refractivity contribution in [3.63, 3.8) is 0 Å². The maximum absolute atomic E-state index is 11.7. The van der Waals surface area contributed by atoms with E-state index in [-0.39, 0.29) is 12.8 Å². The van der Waals surface area contributed by atoms with Gasteiger partial charge in [-0.25, -0.2) is 0 Å². The van der Waals surface area contributed by atoms with E-state index < -0.39 is 30.2 Å². The van der Waals surface area contributed by atoms with Crippen LogP contribution in [0.5, 0.6) is 0 Å². The van der Waals surface area contributed by atoms with Crippen LogP contribution in [0.3, 0.4) is 0 Å². The number of carbonyl (C=O) groups is 2. The third-order valence-electron chi connectivity index (χ3n) is 1.46. The van der Waals surface area contributed by atoms with E-state index >= 15 is 0 Å². The van der Waals surface area contributed by atoms with Crippen LogP contribution in [0.15, 0.2) is 0 Å². The molecule has 0 aromatic rings. The highest BCUT2D eigenvalue weighted by Gasteiger charge is 2.27. The number of alkyl halides is 3. The zero-order chi connectivity index (χ0) is 13.7. The molecular weight excluding hydrogens is 239 g/mol. The number of amides is 1. The second kappa shape index (κ2) is 5.88. The molecule has 0 saturated heterocycles. The lowest BCUT2D eigenvalue weighted by molar-refractivity contribution is -0.156. The molecule has 0 aromatic heterocycles. The average Bonchev–Trinajstić information content (AvgIpc) is 2.07. The Morgan fingerprint density at radius 3 is 2.06 bits per heavy atom. The van der Waals surface area contributed by atoms with E-state index in [9.17, 15) is 22.8 Å². The van der Waals surface area contributed by atoms with Gasteiger partial charge in [0.25, 0.3) is 0 Å². The van der Waals surface area contributed by atoms with Crippen LogP contribution in [0, 0.1) is 0 Å². The van der Waals surface area contributed by atoms with Crippen LogP contribution in [-0.2, 0) is 14.3 Å². The monoisotopic (exact) mass is 255 g/mol. The Bertz CT molecular complexity index is 282. The Balaban J connectivity index is 3.82. The van der Waals surface area contributed by atoms with Gasteiger partial charge in [-0.3, -0.25) is 9.59 Å². The summed E-state index contributed by atoms with van der Waals surface area (Å²) in [5.41, 5.74) is -0.667. The lowest BCUT2D eigenvalue weighted by Gasteiger charge is -2.19. The topological polar surface area (TPSA) is 55.4 Å². The standard InChI is InChI=1S/C10H16F3NO3/c1-9(2,3)17-8(16)5-4-7(15)14-6-10(11,12)13/h4-6H2,1-3H3,(H,14,15). The molecule has 0 rings (SSSR count). The summed E-state index contributed by atoms with van der Waals surface area (Å²) in [6, 6.07) is 0. The van der Waals surface area contributed by atoms with Crippen LogP contribution < -0.4 is 5.32 Å². The molecule has 0 aliphatic carbocycles. The van der Waals surface area contributed by atoms with Crippen molar-refractivity contribution in [1.29, 1.82) is 0 Å². The van der Waals surface area contributed by atoms with Gasteiger partial charge in [0.1, 0.15) is 12.1 Å². The maximum atomic E-state index is 11.7. The predicted octanol–water partition coefficient (Wildman–Crippen LogP) is 1.79. The molecule has 0 aromatic carbocycles. The number of hydrogen-bond donors (Lipinski definition) is 1. The van der Waals surface area contributed by atoms with E-state index in [4.69, 9.17) is 4.74 Å². The van der Waals surface area contributed by atoms with Crippen molar-refractivity contribution in [3.05, 3.63) is 0 Å². The molecule has 1 N–H and O–H groups in total. The van der Waals surface area contributed by atoms with Gasteiger partial charge in [0, 0.05) is 6.42 Å². The molecule has 17 heavy (non-hydrogen) atoms. The third kappa shape index (κ3) is 11.0. The Hall–Kier alpha value is -1.27. The van der Waals surface area contributed by atoms with Crippen LogP contribution >= 0.6 is 0 Å². The van der Waals surface area contributed by atoms with Crippen LogP contribution in [-0.4, -0.2) is 30.2 Å². The fourth-order valence-corrected chi connectivity index (χ4v) is 0.895. The summed E-state index contributed by atoms with van der Waals surface area (Å²) in [6.07, 6.45) is -4.99. The fourth-order valence-electron chi connectivity index (χ4n) is 0.895. The zero-order valence-corrected chi connectivity index (χ0v) is 9.98. The molecule has 4 nitrogen and oxygen atoms in total. The minimum absolute atomic E-state index is 0.235. The largest absolute Gasteiger partial charge is 0.460 e. The molecule has 0 radical (unpaired) electrons. The van der Waals surface area contributed by atoms with E-state index in [1.165, 1.54) is 0 Å². The highest BCUT2D eigenvalue weighted by Crippen LogP contribution is 2.12. The number of esters is 1. The minimum Gasteiger partial charge on any atom is -0.460 e. The first kappa shape index (κ1) is 15.7. The number of ether oxygens (including phenoxy) is 1. The molecule has 0 atom stereocenters. The second-order valence-corrected chi connectivity index (χ2v) is 4.48. The molecule has 1 amide bonds. The first-order valence-corrected chi connectivity index (χ1v) is 5.05. The molecule has 100 valence electrons. The van der Waals surface area contributed by atoms with Crippen LogP contribution in [0.1, 0.15) is 33.6 Å². The smallest absolute Gasteiger partial charge is 0.405 e. The Morgan fingerprint density at radius 1 is 1.12 bits per heavy atom. The molecule has 0 aliphatic heterocycles. The number of nitrogens with one attached hydrogen (secondary N) is 1. The van der Waals surface area contributed by atoms with Crippen molar-refractivity contribution in [1.82, 2.24) is 5.32 Å². The molecule has 0 saturated carbocycles. The van der Waals surface area contributed by atoms with E-state index in [1.807, 2.05) is 0 Å². The normalized spacial score (nSPS) is 12.1. The molecule has 0 bridgehead atoms. The molecule has 0 heterocycles. The molecule has 0 aliphatic rings. The average molecular weight is 255 g/mol. The van der Waals surface area contributed by atoms with E-state index in [0.29, 0.717) is 0 Å². The van der Waals surface area contributed by atoms with Gasteiger partial charge >= 0.3 is 12.1 Å². The van der Waals surface area contributed by atoms with Crippen molar-refractivity contribution in [2.24, 2.45) is 0 Å². The van der Waals surface area contributed by atoms with Gasteiger partial charge in [-0.05, 0) is 20.8 Å². The summed E-state index contributed by atoms with van der Waals surface area (Å²) in [4.78, 5) is 22.1. The lowest BCUT2D eigenvalue weighted by Crippen LogP contribution is -2.34. The highest BCUT2D eigenvalue weighted by molar-refractivity contribution is 5.81. The lowest BCUT2D eigenvalue weighted by atomic mass is 10.2. The van der Waals surface area contributed by atoms with Gasteiger partial charge in [-0.2, -0.15) is 13.2 Å². The van der Waals surface area contributed by atoms with E-state index in [0.717, 1.165) is 0 Å². The van der Waals surface area contributed by atoms with E-state index in [1.54, 1.807) is 26.1 Å². The first-order valence-electron chi connectivity index (χ1n) is 5.05. The Morgan fingerprint density at radius 2 is 1.65 bits per heavy atom. The second-order valence-electron chi connectivity index (χ2n) is 4.48. The van der Waals surface area contributed by atoms with Crippen molar-refractivity contribution in [3.8, 4) is 0 Å². The van der Waals surface area contributed by atoms with Gasteiger partial charge in [-0.1, -0.05) is 0 Å². The van der Waals surface area contributed by atoms with Crippen molar-refractivity contribution < 1.29 is 27.5 Å². The number of carbonyl (C=O) groups excluding carboxylic acids is 2. The van der Waals surface area contributed by atoms with E-state index in [2.05, 4.69) is 0 Å². The predicted molar refractivity (Wildman–Crippen MR) is 54.1 cm³/mol. The quantitative estimate of drug-likeness (QED) is 0.779. The summed E-state index contributed by atoms with van der Waals surface area (Å²) in [6.45, 7) is 3.60. The summed E-state index contributed by atoms with van der Waals surface area (Å²) < 4.78 is 40.1.